The second kappa shape index (κ2) is 6.54. The van der Waals surface area contributed by atoms with E-state index in [9.17, 15) is 9.59 Å². The van der Waals surface area contributed by atoms with Gasteiger partial charge in [0.15, 0.2) is 0 Å². The Bertz CT molecular complexity index is 369. The van der Waals surface area contributed by atoms with E-state index < -0.39 is 5.41 Å². The highest BCUT2D eigenvalue weighted by molar-refractivity contribution is 5.85. The van der Waals surface area contributed by atoms with Gasteiger partial charge in [-0.2, -0.15) is 0 Å². The van der Waals surface area contributed by atoms with Crippen LogP contribution in [0.2, 0.25) is 0 Å². The van der Waals surface area contributed by atoms with E-state index in [1.807, 2.05) is 6.92 Å². The molecule has 0 aromatic carbocycles. The Balaban J connectivity index is 1.77. The third-order valence-electron chi connectivity index (χ3n) is 4.33. The number of hydrogen-bond acceptors (Lipinski definition) is 4. The molecule has 0 bridgehead atoms. The van der Waals surface area contributed by atoms with E-state index in [4.69, 9.17) is 4.74 Å². The smallest absolute Gasteiger partial charge is 0.248 e. The summed E-state index contributed by atoms with van der Waals surface area (Å²) in [5, 5.41) is 5.94. The van der Waals surface area contributed by atoms with Gasteiger partial charge in [-0.15, -0.1) is 0 Å². The van der Waals surface area contributed by atoms with Crippen LogP contribution in [-0.2, 0) is 14.3 Å². The van der Waals surface area contributed by atoms with Crippen molar-refractivity contribution in [2.24, 2.45) is 5.41 Å². The lowest BCUT2D eigenvalue weighted by atomic mass is 9.89. The van der Waals surface area contributed by atoms with Gasteiger partial charge in [0.1, 0.15) is 6.61 Å². The zero-order chi connectivity index (χ0) is 14.6. The molecular weight excluding hydrogens is 258 g/mol. The predicted octanol–water partition coefficient (Wildman–Crippen LogP) is -0.260. The molecule has 2 aliphatic rings. The molecule has 2 N–H and O–H groups in total. The fourth-order valence-corrected chi connectivity index (χ4v) is 2.90. The van der Waals surface area contributed by atoms with Crippen LogP contribution in [0.1, 0.15) is 26.2 Å². The van der Waals surface area contributed by atoms with Gasteiger partial charge in [-0.05, 0) is 39.3 Å². The number of ether oxygens (including phenoxy) is 1. The maximum absolute atomic E-state index is 12.1. The molecule has 2 saturated heterocycles. The largest absolute Gasteiger partial charge is 0.368 e. The van der Waals surface area contributed by atoms with Crippen LogP contribution in [0.3, 0.4) is 0 Å². The number of piperidine rings is 1. The second-order valence-electron chi connectivity index (χ2n) is 5.97. The first-order valence-corrected chi connectivity index (χ1v) is 7.37. The minimum absolute atomic E-state index is 0.00355. The van der Waals surface area contributed by atoms with Gasteiger partial charge in [0.2, 0.25) is 11.8 Å². The average Bonchev–Trinajstić information content (AvgIpc) is 2.89. The van der Waals surface area contributed by atoms with Gasteiger partial charge in [0.05, 0.1) is 11.5 Å². The van der Waals surface area contributed by atoms with Crippen molar-refractivity contribution in [3.8, 4) is 0 Å². The maximum atomic E-state index is 12.1. The zero-order valence-electron chi connectivity index (χ0n) is 12.4. The average molecular weight is 283 g/mol. The van der Waals surface area contributed by atoms with Crippen molar-refractivity contribution in [1.82, 2.24) is 15.5 Å². The molecule has 2 rings (SSSR count). The van der Waals surface area contributed by atoms with Gasteiger partial charge >= 0.3 is 0 Å². The molecular formula is C14H25N3O3. The van der Waals surface area contributed by atoms with Crippen LogP contribution < -0.4 is 10.6 Å². The third kappa shape index (κ3) is 3.49. The fraction of sp³-hybridized carbons (Fsp3) is 0.857. The summed E-state index contributed by atoms with van der Waals surface area (Å²) in [4.78, 5) is 25.7. The number of carbonyl (C=O) groups is 2. The second-order valence-corrected chi connectivity index (χ2v) is 5.97. The molecule has 114 valence electrons. The molecule has 0 saturated carbocycles. The van der Waals surface area contributed by atoms with E-state index in [0.29, 0.717) is 19.5 Å². The Labute approximate surface area is 120 Å². The minimum Gasteiger partial charge on any atom is -0.368 e. The molecule has 20 heavy (non-hydrogen) atoms. The molecule has 6 nitrogen and oxygen atoms in total. The Morgan fingerprint density at radius 1 is 1.40 bits per heavy atom. The van der Waals surface area contributed by atoms with Crippen molar-refractivity contribution in [3.05, 3.63) is 0 Å². The molecule has 2 fully saturated rings. The monoisotopic (exact) mass is 283 g/mol. The SMILES string of the molecule is CNC(=O)C1(C)CCN(C(=O)COC2CCNCC2)C1. The molecule has 0 aromatic heterocycles. The highest BCUT2D eigenvalue weighted by Gasteiger charge is 2.41. The van der Waals surface area contributed by atoms with E-state index in [1.165, 1.54) is 0 Å². The first-order valence-electron chi connectivity index (χ1n) is 7.37. The lowest BCUT2D eigenvalue weighted by Crippen LogP contribution is -2.41. The van der Waals surface area contributed by atoms with E-state index in [-0.39, 0.29) is 24.5 Å². The number of likely N-dealkylation sites (tertiary alicyclic amines) is 1. The van der Waals surface area contributed by atoms with Crippen LogP contribution in [0.25, 0.3) is 0 Å². The summed E-state index contributed by atoms with van der Waals surface area (Å²) < 4.78 is 5.68. The molecule has 2 amide bonds. The summed E-state index contributed by atoms with van der Waals surface area (Å²) in [6.07, 6.45) is 2.83. The number of carbonyl (C=O) groups excluding carboxylic acids is 2. The summed E-state index contributed by atoms with van der Waals surface area (Å²) in [6.45, 7) is 5.08. The Morgan fingerprint density at radius 3 is 2.75 bits per heavy atom. The molecule has 0 aliphatic carbocycles. The number of nitrogens with one attached hydrogen (secondary N) is 2. The molecule has 1 unspecified atom stereocenters. The quantitative estimate of drug-likeness (QED) is 0.746. The van der Waals surface area contributed by atoms with Crippen LogP contribution in [-0.4, -0.2) is 62.7 Å². The summed E-state index contributed by atoms with van der Waals surface area (Å²) >= 11 is 0. The van der Waals surface area contributed by atoms with Gasteiger partial charge in [-0.3, -0.25) is 9.59 Å². The molecule has 6 heteroatoms. The summed E-state index contributed by atoms with van der Waals surface area (Å²) in [5.41, 5.74) is -0.459. The predicted molar refractivity (Wildman–Crippen MR) is 75.2 cm³/mol. The number of nitrogens with zero attached hydrogens (tertiary/aromatic N) is 1. The lowest BCUT2D eigenvalue weighted by Gasteiger charge is -2.25. The summed E-state index contributed by atoms with van der Waals surface area (Å²) in [7, 11) is 1.64. The molecule has 2 heterocycles. The lowest BCUT2D eigenvalue weighted by molar-refractivity contribution is -0.138. The maximum Gasteiger partial charge on any atom is 0.248 e. The summed E-state index contributed by atoms with van der Waals surface area (Å²) in [6, 6.07) is 0. The van der Waals surface area contributed by atoms with Crippen LogP contribution in [0.15, 0.2) is 0 Å². The Kier molecular flexibility index (Phi) is 4.99. The van der Waals surface area contributed by atoms with Crippen molar-refractivity contribution in [1.29, 1.82) is 0 Å². The minimum atomic E-state index is -0.459. The fourth-order valence-electron chi connectivity index (χ4n) is 2.90. The normalized spacial score (nSPS) is 27.6. The van der Waals surface area contributed by atoms with Gasteiger partial charge in [0.25, 0.3) is 0 Å². The number of rotatable bonds is 4. The highest BCUT2D eigenvalue weighted by Crippen LogP contribution is 2.30. The van der Waals surface area contributed by atoms with Gasteiger partial charge in [-0.1, -0.05) is 0 Å². The molecule has 0 spiro atoms. The van der Waals surface area contributed by atoms with E-state index >= 15 is 0 Å². The van der Waals surface area contributed by atoms with Crippen molar-refractivity contribution >= 4 is 11.8 Å². The van der Waals surface area contributed by atoms with Crippen LogP contribution >= 0.6 is 0 Å². The first kappa shape index (κ1) is 15.3. The highest BCUT2D eigenvalue weighted by atomic mass is 16.5. The van der Waals surface area contributed by atoms with Crippen LogP contribution in [0.4, 0.5) is 0 Å². The van der Waals surface area contributed by atoms with Crippen molar-refractivity contribution in [2.45, 2.75) is 32.3 Å². The zero-order valence-corrected chi connectivity index (χ0v) is 12.4. The first-order chi connectivity index (χ1) is 9.55. The van der Waals surface area contributed by atoms with Crippen LogP contribution in [0, 0.1) is 5.41 Å². The molecule has 2 aliphatic heterocycles. The Hall–Kier alpha value is -1.14. The summed E-state index contributed by atoms with van der Waals surface area (Å²) in [5.74, 6) is 0.00299. The molecule has 0 aromatic rings. The van der Waals surface area contributed by atoms with Crippen molar-refractivity contribution in [2.75, 3.05) is 39.8 Å². The van der Waals surface area contributed by atoms with E-state index in [0.717, 1.165) is 25.9 Å². The van der Waals surface area contributed by atoms with E-state index in [1.54, 1.807) is 11.9 Å². The van der Waals surface area contributed by atoms with Crippen LogP contribution in [0.5, 0.6) is 0 Å². The number of hydrogen-bond donors (Lipinski definition) is 2. The van der Waals surface area contributed by atoms with Gasteiger partial charge in [-0.25, -0.2) is 0 Å². The third-order valence-corrected chi connectivity index (χ3v) is 4.33. The van der Waals surface area contributed by atoms with Crippen molar-refractivity contribution in [3.63, 3.8) is 0 Å². The van der Waals surface area contributed by atoms with Gasteiger partial charge in [0, 0.05) is 20.1 Å². The topological polar surface area (TPSA) is 70.7 Å². The standard InChI is InChI=1S/C14H25N3O3/c1-14(13(19)15-2)5-8-17(10-14)12(18)9-20-11-3-6-16-7-4-11/h11,16H,3-10H2,1-2H3,(H,15,19). The molecule has 1 atom stereocenters. The van der Waals surface area contributed by atoms with E-state index in [2.05, 4.69) is 10.6 Å². The number of amides is 2. The van der Waals surface area contributed by atoms with Gasteiger partial charge < -0.3 is 20.3 Å². The Morgan fingerprint density at radius 2 is 2.10 bits per heavy atom. The van der Waals surface area contributed by atoms with Crippen molar-refractivity contribution < 1.29 is 14.3 Å². The molecule has 0 radical (unpaired) electrons.